The first-order valence-corrected chi connectivity index (χ1v) is 9.00. The van der Waals surface area contributed by atoms with Crippen molar-refractivity contribution in [3.8, 4) is 0 Å². The smallest absolute Gasteiger partial charge is 0.303 e. The third kappa shape index (κ3) is 10.9. The Morgan fingerprint density at radius 2 is 1.73 bits per heavy atom. The third-order valence-corrected chi connectivity index (χ3v) is 3.92. The van der Waals surface area contributed by atoms with Gasteiger partial charge in [0.25, 0.3) is 0 Å². The summed E-state index contributed by atoms with van der Waals surface area (Å²) in [5, 5.41) is 19.0. The predicted octanol–water partition coefficient (Wildman–Crippen LogP) is 2.34. The summed E-state index contributed by atoms with van der Waals surface area (Å²) in [5.41, 5.74) is 6.85. The Balaban J connectivity index is 0.000000359. The number of anilines is 2. The Hall–Kier alpha value is -2.81. The molecule has 0 aliphatic carbocycles. The largest absolute Gasteiger partial charge is 0.481 e. The van der Waals surface area contributed by atoms with Crippen molar-refractivity contribution < 1.29 is 19.8 Å². The molecular weight excluding hydrogens is 356 g/mol. The van der Waals surface area contributed by atoms with Crippen molar-refractivity contribution in [2.24, 2.45) is 0 Å². The van der Waals surface area contributed by atoms with Crippen molar-refractivity contribution in [3.05, 3.63) is 48.2 Å². The second-order valence-electron chi connectivity index (χ2n) is 5.05. The molecular formula is C17H22N4O4S. The molecule has 1 aromatic carbocycles. The van der Waals surface area contributed by atoms with Gasteiger partial charge in [0, 0.05) is 24.2 Å². The topological polar surface area (TPSA) is 138 Å². The number of nitrogen functional groups attached to an aromatic ring is 1. The van der Waals surface area contributed by atoms with Crippen molar-refractivity contribution in [1.29, 1.82) is 0 Å². The number of aliphatic carboxylic acids is 2. The van der Waals surface area contributed by atoms with Crippen LogP contribution in [0.5, 0.6) is 0 Å². The minimum atomic E-state index is -1.08. The molecule has 0 atom stereocenters. The maximum Gasteiger partial charge on any atom is 0.303 e. The van der Waals surface area contributed by atoms with Gasteiger partial charge in [0.1, 0.15) is 5.82 Å². The molecule has 9 heteroatoms. The Labute approximate surface area is 155 Å². The second kappa shape index (κ2) is 12.5. The van der Waals surface area contributed by atoms with E-state index in [4.69, 9.17) is 15.9 Å². The predicted molar refractivity (Wildman–Crippen MR) is 102 cm³/mol. The van der Waals surface area contributed by atoms with Gasteiger partial charge in [-0.05, 0) is 11.6 Å². The molecule has 0 spiro atoms. The Kier molecular flexibility index (Phi) is 10.2. The van der Waals surface area contributed by atoms with E-state index in [1.165, 1.54) is 5.56 Å². The highest BCUT2D eigenvalue weighted by Crippen LogP contribution is 2.11. The summed E-state index contributed by atoms with van der Waals surface area (Å²) in [4.78, 5) is 27.2. The molecule has 0 unspecified atom stereocenters. The summed E-state index contributed by atoms with van der Waals surface area (Å²) in [7, 11) is 0. The quantitative estimate of drug-likeness (QED) is 0.484. The highest BCUT2D eigenvalue weighted by molar-refractivity contribution is 7.98. The molecule has 140 valence electrons. The molecule has 0 aliphatic rings. The fraction of sp³-hybridized carbons (Fsp3) is 0.294. The van der Waals surface area contributed by atoms with Crippen LogP contribution >= 0.6 is 11.8 Å². The fourth-order valence-electron chi connectivity index (χ4n) is 1.70. The number of benzene rings is 1. The van der Waals surface area contributed by atoms with Crippen LogP contribution in [0.1, 0.15) is 18.4 Å². The molecule has 26 heavy (non-hydrogen) atoms. The molecule has 1 heterocycles. The van der Waals surface area contributed by atoms with Gasteiger partial charge in [0.2, 0.25) is 5.95 Å². The van der Waals surface area contributed by atoms with Crippen LogP contribution in [0.3, 0.4) is 0 Å². The third-order valence-electron chi connectivity index (χ3n) is 2.89. The zero-order valence-electron chi connectivity index (χ0n) is 14.2. The number of carbonyl (C=O) groups is 2. The van der Waals surface area contributed by atoms with Crippen molar-refractivity contribution in [1.82, 2.24) is 9.97 Å². The number of nitrogens with one attached hydrogen (secondary N) is 1. The van der Waals surface area contributed by atoms with Crippen LogP contribution in [0.2, 0.25) is 0 Å². The molecule has 0 radical (unpaired) electrons. The highest BCUT2D eigenvalue weighted by atomic mass is 32.2. The van der Waals surface area contributed by atoms with Crippen LogP contribution in [0.4, 0.5) is 11.8 Å². The van der Waals surface area contributed by atoms with E-state index in [1.807, 2.05) is 23.9 Å². The molecule has 2 aromatic rings. The Morgan fingerprint density at radius 3 is 2.31 bits per heavy atom. The lowest BCUT2D eigenvalue weighted by Gasteiger charge is -2.05. The van der Waals surface area contributed by atoms with Gasteiger partial charge in [-0.3, -0.25) is 9.59 Å². The van der Waals surface area contributed by atoms with Gasteiger partial charge in [0.15, 0.2) is 0 Å². The van der Waals surface area contributed by atoms with Gasteiger partial charge in [0.05, 0.1) is 12.8 Å². The average Bonchev–Trinajstić information content (AvgIpc) is 2.61. The monoisotopic (exact) mass is 378 g/mol. The summed E-state index contributed by atoms with van der Waals surface area (Å²) in [6.45, 7) is 0.869. The maximum atomic E-state index is 9.64. The lowest BCUT2D eigenvalue weighted by Crippen LogP contribution is -2.07. The minimum absolute atomic E-state index is 0.296. The fourth-order valence-corrected chi connectivity index (χ4v) is 2.52. The number of hydrogen-bond donors (Lipinski definition) is 4. The molecule has 0 aliphatic heterocycles. The molecule has 0 saturated heterocycles. The van der Waals surface area contributed by atoms with E-state index in [1.54, 1.807) is 6.20 Å². The first-order valence-electron chi connectivity index (χ1n) is 7.85. The molecule has 0 saturated carbocycles. The number of nitrogens with zero attached hydrogens (tertiary/aromatic N) is 2. The number of hydrogen-bond acceptors (Lipinski definition) is 7. The van der Waals surface area contributed by atoms with Crippen molar-refractivity contribution in [3.63, 3.8) is 0 Å². The molecule has 1 aromatic heterocycles. The molecule has 5 N–H and O–H groups in total. The SMILES string of the molecule is Nc1nccc(NCCSCc2ccccc2)n1.O=C(O)CCC(=O)O. The van der Waals surface area contributed by atoms with Crippen molar-refractivity contribution >= 4 is 35.5 Å². The van der Waals surface area contributed by atoms with Gasteiger partial charge in [-0.15, -0.1) is 0 Å². The van der Waals surface area contributed by atoms with Crippen LogP contribution < -0.4 is 11.1 Å². The number of rotatable bonds is 9. The molecule has 0 fully saturated rings. The summed E-state index contributed by atoms with van der Waals surface area (Å²) in [6, 6.07) is 12.3. The van der Waals surface area contributed by atoms with E-state index in [0.717, 1.165) is 23.9 Å². The normalized spacial score (nSPS) is 9.69. The Bertz CT molecular complexity index is 671. The first-order chi connectivity index (χ1) is 12.5. The van der Waals surface area contributed by atoms with E-state index < -0.39 is 11.9 Å². The highest BCUT2D eigenvalue weighted by Gasteiger charge is 2.00. The summed E-state index contributed by atoms with van der Waals surface area (Å²) < 4.78 is 0. The average molecular weight is 378 g/mol. The molecule has 0 amide bonds. The van der Waals surface area contributed by atoms with Crippen molar-refractivity contribution in [2.45, 2.75) is 18.6 Å². The van der Waals surface area contributed by atoms with Crippen LogP contribution in [0.15, 0.2) is 42.6 Å². The standard InChI is InChI=1S/C13H16N4S.C4H6O4/c14-13-16-7-6-12(17-13)15-8-9-18-10-11-4-2-1-3-5-11;5-3(6)1-2-4(7)8/h1-7H,8-10H2,(H3,14,15,16,17);1-2H2,(H,5,6)(H,7,8). The number of aromatic nitrogens is 2. The van der Waals surface area contributed by atoms with E-state index in [2.05, 4.69) is 39.6 Å². The van der Waals surface area contributed by atoms with Crippen molar-refractivity contribution in [2.75, 3.05) is 23.3 Å². The molecule has 8 nitrogen and oxygen atoms in total. The zero-order chi connectivity index (χ0) is 19.2. The van der Waals surface area contributed by atoms with Crippen LogP contribution in [0.25, 0.3) is 0 Å². The number of carboxylic acid groups (broad SMARTS) is 2. The zero-order valence-corrected chi connectivity index (χ0v) is 15.0. The van der Waals surface area contributed by atoms with Gasteiger partial charge >= 0.3 is 11.9 Å². The summed E-state index contributed by atoms with van der Waals surface area (Å²) >= 11 is 1.89. The summed E-state index contributed by atoms with van der Waals surface area (Å²) in [6.07, 6.45) is 1.06. The van der Waals surface area contributed by atoms with E-state index >= 15 is 0 Å². The lowest BCUT2D eigenvalue weighted by atomic mass is 10.2. The van der Waals surface area contributed by atoms with E-state index in [9.17, 15) is 9.59 Å². The number of nitrogens with two attached hydrogens (primary N) is 1. The van der Waals surface area contributed by atoms with Gasteiger partial charge < -0.3 is 21.3 Å². The van der Waals surface area contributed by atoms with Crippen LogP contribution in [0, 0.1) is 0 Å². The van der Waals surface area contributed by atoms with Gasteiger partial charge in [-0.25, -0.2) is 4.98 Å². The van der Waals surface area contributed by atoms with E-state index in [-0.39, 0.29) is 12.8 Å². The van der Waals surface area contributed by atoms with Gasteiger partial charge in [-0.1, -0.05) is 30.3 Å². The first kappa shape index (κ1) is 21.2. The Morgan fingerprint density at radius 1 is 1.08 bits per heavy atom. The van der Waals surface area contributed by atoms with Gasteiger partial charge in [-0.2, -0.15) is 16.7 Å². The molecule has 2 rings (SSSR count). The van der Waals surface area contributed by atoms with Crippen LogP contribution in [-0.2, 0) is 15.3 Å². The second-order valence-corrected chi connectivity index (χ2v) is 6.16. The maximum absolute atomic E-state index is 9.64. The number of thioether (sulfide) groups is 1. The minimum Gasteiger partial charge on any atom is -0.481 e. The molecule has 0 bridgehead atoms. The van der Waals surface area contributed by atoms with Crippen LogP contribution in [-0.4, -0.2) is 44.4 Å². The summed E-state index contributed by atoms with van der Waals surface area (Å²) in [5.74, 6) is 0.993. The lowest BCUT2D eigenvalue weighted by molar-refractivity contribution is -0.143. The number of carboxylic acids is 2. The van der Waals surface area contributed by atoms with E-state index in [0.29, 0.717) is 5.95 Å².